The number of ether oxygens (including phenoxy) is 1. The number of carbonyl (C=O) groups is 2. The van der Waals surface area contributed by atoms with Gasteiger partial charge in [0.15, 0.2) is 0 Å². The molecule has 0 aliphatic heterocycles. The van der Waals surface area contributed by atoms with E-state index in [-0.39, 0.29) is 39.5 Å². The Bertz CT molecular complexity index is 432. The third kappa shape index (κ3) is 6.73. The maximum absolute atomic E-state index is 11.7. The van der Waals surface area contributed by atoms with Gasteiger partial charge in [0.1, 0.15) is 13.2 Å². The molecule has 21 heavy (non-hydrogen) atoms. The van der Waals surface area contributed by atoms with E-state index in [0.717, 1.165) is 5.56 Å². The number of hydrogen-bond donors (Lipinski definition) is 3. The first kappa shape index (κ1) is 16.9. The van der Waals surface area contributed by atoms with Crippen molar-refractivity contribution in [3.8, 4) is 0 Å². The van der Waals surface area contributed by atoms with Crippen molar-refractivity contribution >= 4 is 12.0 Å². The third-order valence-electron chi connectivity index (χ3n) is 2.69. The zero-order chi connectivity index (χ0) is 15.5. The van der Waals surface area contributed by atoms with Crippen molar-refractivity contribution in [3.63, 3.8) is 0 Å². The highest BCUT2D eigenvalue weighted by Crippen LogP contribution is 2.00. The zero-order valence-electron chi connectivity index (χ0n) is 11.7. The molecule has 0 atom stereocenters. The van der Waals surface area contributed by atoms with Gasteiger partial charge < -0.3 is 25.2 Å². The van der Waals surface area contributed by atoms with Gasteiger partial charge in [-0.25, -0.2) is 4.79 Å². The maximum atomic E-state index is 11.7. The van der Waals surface area contributed by atoms with Crippen molar-refractivity contribution in [2.24, 2.45) is 0 Å². The fourth-order valence-corrected chi connectivity index (χ4v) is 1.64. The molecule has 1 aromatic carbocycles. The van der Waals surface area contributed by atoms with E-state index in [1.54, 1.807) is 0 Å². The molecule has 116 valence electrons. The van der Waals surface area contributed by atoms with Crippen molar-refractivity contribution in [1.82, 2.24) is 10.2 Å². The Hall–Kier alpha value is -2.12. The quantitative estimate of drug-likeness (QED) is 0.613. The summed E-state index contributed by atoms with van der Waals surface area (Å²) in [6, 6.07) is 9.17. The Balaban J connectivity index is 2.29. The van der Waals surface area contributed by atoms with Crippen LogP contribution in [-0.4, -0.2) is 60.0 Å². The van der Waals surface area contributed by atoms with Crippen LogP contribution in [0, 0.1) is 0 Å². The van der Waals surface area contributed by atoms with Gasteiger partial charge in [-0.2, -0.15) is 0 Å². The Labute approximate surface area is 123 Å². The zero-order valence-corrected chi connectivity index (χ0v) is 11.7. The molecule has 0 aromatic heterocycles. The monoisotopic (exact) mass is 296 g/mol. The molecule has 1 aromatic rings. The second kappa shape index (κ2) is 9.73. The van der Waals surface area contributed by atoms with Gasteiger partial charge in [-0.05, 0) is 5.56 Å². The summed E-state index contributed by atoms with van der Waals surface area (Å²) in [6.07, 6.45) is -0.694. The van der Waals surface area contributed by atoms with E-state index in [1.165, 1.54) is 4.90 Å². The molecule has 0 unspecified atom stereocenters. The second-order valence-electron chi connectivity index (χ2n) is 4.24. The average molecular weight is 296 g/mol. The molecule has 7 nitrogen and oxygen atoms in total. The van der Waals surface area contributed by atoms with Crippen LogP contribution in [0.2, 0.25) is 0 Å². The third-order valence-corrected chi connectivity index (χ3v) is 2.69. The maximum Gasteiger partial charge on any atom is 0.407 e. The van der Waals surface area contributed by atoms with Crippen LogP contribution in [0.25, 0.3) is 0 Å². The number of rotatable bonds is 8. The van der Waals surface area contributed by atoms with Gasteiger partial charge in [-0.15, -0.1) is 0 Å². The van der Waals surface area contributed by atoms with Gasteiger partial charge in [-0.1, -0.05) is 30.3 Å². The van der Waals surface area contributed by atoms with E-state index in [9.17, 15) is 9.59 Å². The minimum atomic E-state index is -0.694. The predicted molar refractivity (Wildman–Crippen MR) is 75.4 cm³/mol. The van der Waals surface area contributed by atoms with Crippen molar-refractivity contribution in [2.45, 2.75) is 6.61 Å². The lowest BCUT2D eigenvalue weighted by Gasteiger charge is -2.20. The fourth-order valence-electron chi connectivity index (χ4n) is 1.64. The fraction of sp³-hybridized carbons (Fsp3) is 0.429. The molecule has 0 aliphatic carbocycles. The lowest BCUT2D eigenvalue weighted by atomic mass is 10.2. The molecule has 0 saturated heterocycles. The van der Waals surface area contributed by atoms with E-state index >= 15 is 0 Å². The lowest BCUT2D eigenvalue weighted by Crippen LogP contribution is -2.42. The number of amides is 2. The predicted octanol–water partition coefficient (Wildman–Crippen LogP) is -0.274. The summed E-state index contributed by atoms with van der Waals surface area (Å²) in [5, 5.41) is 20.0. The summed E-state index contributed by atoms with van der Waals surface area (Å²) in [7, 11) is 0. The normalized spacial score (nSPS) is 10.0. The molecule has 1 rings (SSSR count). The van der Waals surface area contributed by atoms with E-state index < -0.39 is 12.0 Å². The Kier molecular flexibility index (Phi) is 7.85. The van der Waals surface area contributed by atoms with Gasteiger partial charge in [0, 0.05) is 13.1 Å². The summed E-state index contributed by atoms with van der Waals surface area (Å²) in [5.74, 6) is -0.394. The van der Waals surface area contributed by atoms with Crippen molar-refractivity contribution in [2.75, 3.05) is 32.8 Å². The summed E-state index contributed by atoms with van der Waals surface area (Å²) in [6.45, 7) is -0.305. The molecule has 0 fully saturated rings. The molecule has 2 amide bonds. The molecule has 0 bridgehead atoms. The number of aliphatic hydroxyl groups is 2. The van der Waals surface area contributed by atoms with Crippen molar-refractivity contribution in [3.05, 3.63) is 35.9 Å². The van der Waals surface area contributed by atoms with Crippen LogP contribution in [0.15, 0.2) is 30.3 Å². The van der Waals surface area contributed by atoms with Gasteiger partial charge in [0.25, 0.3) is 0 Å². The van der Waals surface area contributed by atoms with Gasteiger partial charge in [-0.3, -0.25) is 4.79 Å². The lowest BCUT2D eigenvalue weighted by molar-refractivity contribution is -0.131. The number of hydrogen-bond acceptors (Lipinski definition) is 5. The van der Waals surface area contributed by atoms with Crippen LogP contribution >= 0.6 is 0 Å². The van der Waals surface area contributed by atoms with Gasteiger partial charge in [0.2, 0.25) is 5.91 Å². The topological polar surface area (TPSA) is 99.1 Å². The smallest absolute Gasteiger partial charge is 0.407 e. The van der Waals surface area contributed by atoms with Crippen molar-refractivity contribution in [1.29, 1.82) is 0 Å². The molecule has 0 radical (unpaired) electrons. The molecule has 7 heteroatoms. The second-order valence-corrected chi connectivity index (χ2v) is 4.24. The minimum Gasteiger partial charge on any atom is -0.445 e. The largest absolute Gasteiger partial charge is 0.445 e. The summed E-state index contributed by atoms with van der Waals surface area (Å²) in [4.78, 5) is 24.5. The number of nitrogens with zero attached hydrogens (tertiary/aromatic N) is 1. The van der Waals surface area contributed by atoms with E-state index in [4.69, 9.17) is 14.9 Å². The number of benzene rings is 1. The molecule has 0 heterocycles. The summed E-state index contributed by atoms with van der Waals surface area (Å²) >= 11 is 0. The van der Waals surface area contributed by atoms with Crippen LogP contribution in [0.1, 0.15) is 5.56 Å². The molecular formula is C14H20N2O5. The Morgan fingerprint density at radius 3 is 2.29 bits per heavy atom. The number of aliphatic hydroxyl groups excluding tert-OH is 2. The SMILES string of the molecule is O=C(NCC(=O)N(CCO)CCO)OCc1ccccc1. The molecule has 3 N–H and O–H groups in total. The van der Waals surface area contributed by atoms with Crippen LogP contribution in [0.5, 0.6) is 0 Å². The van der Waals surface area contributed by atoms with E-state index in [0.29, 0.717) is 0 Å². The standard InChI is InChI=1S/C14H20N2O5/c17-8-6-16(7-9-18)13(19)10-15-14(20)21-11-12-4-2-1-3-5-12/h1-5,17-18H,6-11H2,(H,15,20). The highest BCUT2D eigenvalue weighted by Gasteiger charge is 2.13. The van der Waals surface area contributed by atoms with Crippen LogP contribution in [-0.2, 0) is 16.1 Å². The number of nitrogens with one attached hydrogen (secondary N) is 1. The Morgan fingerprint density at radius 2 is 1.71 bits per heavy atom. The van der Waals surface area contributed by atoms with Crippen LogP contribution in [0.3, 0.4) is 0 Å². The first-order valence-electron chi connectivity index (χ1n) is 6.61. The first-order chi connectivity index (χ1) is 10.2. The minimum absolute atomic E-state index is 0.111. The summed E-state index contributed by atoms with van der Waals surface area (Å²) in [5.41, 5.74) is 0.848. The van der Waals surface area contributed by atoms with Crippen molar-refractivity contribution < 1.29 is 24.5 Å². The van der Waals surface area contributed by atoms with Gasteiger partial charge >= 0.3 is 6.09 Å². The molecule has 0 spiro atoms. The van der Waals surface area contributed by atoms with Crippen LogP contribution in [0.4, 0.5) is 4.79 Å². The molecule has 0 saturated carbocycles. The van der Waals surface area contributed by atoms with E-state index in [2.05, 4.69) is 5.32 Å². The average Bonchev–Trinajstić information content (AvgIpc) is 2.51. The molecular weight excluding hydrogens is 276 g/mol. The number of alkyl carbamates (subject to hydrolysis) is 1. The Morgan fingerprint density at radius 1 is 1.10 bits per heavy atom. The highest BCUT2D eigenvalue weighted by atomic mass is 16.5. The van der Waals surface area contributed by atoms with E-state index in [1.807, 2.05) is 30.3 Å². The number of carbonyl (C=O) groups excluding carboxylic acids is 2. The van der Waals surface area contributed by atoms with Crippen LogP contribution < -0.4 is 5.32 Å². The summed E-state index contributed by atoms with van der Waals surface area (Å²) < 4.78 is 4.96. The highest BCUT2D eigenvalue weighted by molar-refractivity contribution is 5.82. The van der Waals surface area contributed by atoms with Gasteiger partial charge in [0.05, 0.1) is 13.2 Å². The molecule has 0 aliphatic rings. The first-order valence-corrected chi connectivity index (χ1v) is 6.61.